The number of hydrogen-bond donors (Lipinski definition) is 1. The van der Waals surface area contributed by atoms with Crippen LogP contribution >= 0.6 is 0 Å². The fourth-order valence-corrected chi connectivity index (χ4v) is 4.01. The molecule has 2 heterocycles. The summed E-state index contributed by atoms with van der Waals surface area (Å²) in [5, 5.41) is 0. The fourth-order valence-electron chi connectivity index (χ4n) is 3.46. The van der Waals surface area contributed by atoms with Crippen molar-refractivity contribution in [2.45, 2.75) is 13.0 Å². The molecule has 3 aromatic rings. The van der Waals surface area contributed by atoms with Gasteiger partial charge in [0.25, 0.3) is 0 Å². The first kappa shape index (κ1) is 16.7. The van der Waals surface area contributed by atoms with Gasteiger partial charge in [0, 0.05) is 29.7 Å². The van der Waals surface area contributed by atoms with Crippen LogP contribution in [-0.2, 0) is 23.0 Å². The zero-order valence-corrected chi connectivity index (χ0v) is 15.3. The van der Waals surface area contributed by atoms with E-state index in [0.29, 0.717) is 5.69 Å². The summed E-state index contributed by atoms with van der Waals surface area (Å²) in [6.07, 6.45) is 6.39. The summed E-state index contributed by atoms with van der Waals surface area (Å²) < 4.78 is 27.8. The van der Waals surface area contributed by atoms with Gasteiger partial charge in [0.2, 0.25) is 10.0 Å². The van der Waals surface area contributed by atoms with Crippen molar-refractivity contribution in [2.24, 2.45) is 0 Å². The zero-order valence-electron chi connectivity index (χ0n) is 14.5. The van der Waals surface area contributed by atoms with E-state index in [2.05, 4.69) is 58.0 Å². The van der Waals surface area contributed by atoms with Crippen molar-refractivity contribution in [3.8, 4) is 0 Å². The molecule has 26 heavy (non-hydrogen) atoms. The van der Waals surface area contributed by atoms with Crippen LogP contribution in [0, 0.1) is 0 Å². The monoisotopic (exact) mass is 364 g/mol. The number of anilines is 1. The second-order valence-electron chi connectivity index (χ2n) is 6.55. The Kier molecular flexibility index (Phi) is 4.17. The molecule has 0 bridgehead atoms. The predicted molar refractivity (Wildman–Crippen MR) is 106 cm³/mol. The number of benzene rings is 2. The first-order valence-corrected chi connectivity index (χ1v) is 10.4. The summed E-state index contributed by atoms with van der Waals surface area (Å²) in [5.41, 5.74) is 6.41. The minimum absolute atomic E-state index is 0.569. The molecule has 0 fully saturated rings. The Morgan fingerprint density at radius 3 is 2.73 bits per heavy atom. The molecule has 0 unspecified atom stereocenters. The Morgan fingerprint density at radius 1 is 1.04 bits per heavy atom. The van der Waals surface area contributed by atoms with Crippen molar-refractivity contribution in [1.29, 1.82) is 0 Å². The largest absolute Gasteiger partial charge is 0.347 e. The third kappa shape index (κ3) is 3.44. The Morgan fingerprint density at radius 2 is 1.88 bits per heavy atom. The van der Waals surface area contributed by atoms with Crippen molar-refractivity contribution in [3.05, 3.63) is 89.2 Å². The molecule has 0 amide bonds. The summed E-state index contributed by atoms with van der Waals surface area (Å²) in [5.74, 6) is 0. The maximum Gasteiger partial charge on any atom is 0.229 e. The molecule has 132 valence electrons. The number of nitrogens with zero attached hydrogens (tertiary/aromatic N) is 1. The van der Waals surface area contributed by atoms with Crippen LogP contribution in [0.3, 0.4) is 0 Å². The quantitative estimate of drug-likeness (QED) is 0.764. The molecule has 0 spiro atoms. The molecule has 5 heteroatoms. The Labute approximate surface area is 153 Å². The van der Waals surface area contributed by atoms with Crippen LogP contribution in [-0.4, -0.2) is 19.2 Å². The van der Waals surface area contributed by atoms with Gasteiger partial charge in [-0.25, -0.2) is 8.42 Å². The SMILES string of the molecule is CS(=O)(=O)Nc1cccc(/C=C2\c3ccccc3CCn3cccc32)c1. The van der Waals surface area contributed by atoms with Gasteiger partial charge in [0.05, 0.1) is 6.26 Å². The molecule has 0 saturated carbocycles. The maximum atomic E-state index is 11.5. The van der Waals surface area contributed by atoms with Gasteiger partial charge in [-0.15, -0.1) is 0 Å². The minimum atomic E-state index is -3.30. The summed E-state index contributed by atoms with van der Waals surface area (Å²) >= 11 is 0. The van der Waals surface area contributed by atoms with E-state index < -0.39 is 10.0 Å². The third-order valence-electron chi connectivity index (χ3n) is 4.54. The smallest absolute Gasteiger partial charge is 0.229 e. The van der Waals surface area contributed by atoms with E-state index in [1.807, 2.05) is 18.2 Å². The fraction of sp³-hybridized carbons (Fsp3) is 0.143. The van der Waals surface area contributed by atoms with Gasteiger partial charge in [-0.05, 0) is 53.5 Å². The Bertz CT molecular complexity index is 1090. The molecule has 4 rings (SSSR count). The van der Waals surface area contributed by atoms with Gasteiger partial charge in [0.1, 0.15) is 0 Å². The van der Waals surface area contributed by atoms with Crippen molar-refractivity contribution in [1.82, 2.24) is 4.57 Å². The molecule has 1 N–H and O–H groups in total. The molecule has 1 aliphatic heterocycles. The highest BCUT2D eigenvalue weighted by Crippen LogP contribution is 2.32. The van der Waals surface area contributed by atoms with E-state index >= 15 is 0 Å². The number of nitrogens with one attached hydrogen (secondary N) is 1. The minimum Gasteiger partial charge on any atom is -0.347 e. The van der Waals surface area contributed by atoms with Crippen molar-refractivity contribution in [3.63, 3.8) is 0 Å². The van der Waals surface area contributed by atoms with E-state index in [1.165, 1.54) is 16.8 Å². The van der Waals surface area contributed by atoms with Gasteiger partial charge < -0.3 is 4.57 Å². The van der Waals surface area contributed by atoms with E-state index in [-0.39, 0.29) is 0 Å². The molecular weight excluding hydrogens is 344 g/mol. The lowest BCUT2D eigenvalue weighted by molar-refractivity contribution is 0.607. The van der Waals surface area contributed by atoms with Crippen LogP contribution in [0.1, 0.15) is 22.4 Å². The lowest BCUT2D eigenvalue weighted by Crippen LogP contribution is -2.09. The number of hydrogen-bond acceptors (Lipinski definition) is 2. The first-order valence-electron chi connectivity index (χ1n) is 8.53. The topological polar surface area (TPSA) is 51.1 Å². The Balaban J connectivity index is 1.84. The van der Waals surface area contributed by atoms with Crippen molar-refractivity contribution < 1.29 is 8.42 Å². The molecule has 0 atom stereocenters. The molecule has 4 nitrogen and oxygen atoms in total. The number of aryl methyl sites for hydroxylation is 2. The van der Waals surface area contributed by atoms with Gasteiger partial charge >= 0.3 is 0 Å². The molecular formula is C21H20N2O2S. The third-order valence-corrected chi connectivity index (χ3v) is 5.14. The van der Waals surface area contributed by atoms with E-state index in [0.717, 1.165) is 30.4 Å². The summed E-state index contributed by atoms with van der Waals surface area (Å²) in [6.45, 7) is 0.951. The average molecular weight is 364 g/mol. The van der Waals surface area contributed by atoms with E-state index in [1.54, 1.807) is 6.07 Å². The van der Waals surface area contributed by atoms with Crippen LogP contribution in [0.25, 0.3) is 11.6 Å². The zero-order chi connectivity index (χ0) is 18.1. The average Bonchev–Trinajstić information content (AvgIpc) is 3.00. The maximum absolute atomic E-state index is 11.5. The molecule has 1 aromatic heterocycles. The number of aromatic nitrogens is 1. The standard InChI is InChI=1S/C21H20N2O2S/c1-26(24,25)22-18-8-4-6-16(14-18)15-20-19-9-3-2-7-17(19)11-13-23-12-5-10-21(20)23/h2-10,12,14-15,22H,11,13H2,1H3/b20-15+. The van der Waals surface area contributed by atoms with Gasteiger partial charge in [-0.3, -0.25) is 4.72 Å². The van der Waals surface area contributed by atoms with Gasteiger partial charge in [-0.1, -0.05) is 36.4 Å². The summed E-state index contributed by atoms with van der Waals surface area (Å²) in [7, 11) is -3.30. The second-order valence-corrected chi connectivity index (χ2v) is 8.30. The summed E-state index contributed by atoms with van der Waals surface area (Å²) in [6, 6.07) is 20.1. The molecule has 1 aliphatic rings. The van der Waals surface area contributed by atoms with Crippen LogP contribution in [0.15, 0.2) is 66.9 Å². The molecule has 0 aliphatic carbocycles. The lowest BCUT2D eigenvalue weighted by atomic mass is 9.95. The van der Waals surface area contributed by atoms with E-state index in [4.69, 9.17) is 0 Å². The normalized spacial score (nSPS) is 15.2. The highest BCUT2D eigenvalue weighted by molar-refractivity contribution is 7.92. The second kappa shape index (κ2) is 6.50. The van der Waals surface area contributed by atoms with Gasteiger partial charge in [0.15, 0.2) is 0 Å². The van der Waals surface area contributed by atoms with Crippen LogP contribution in [0.4, 0.5) is 5.69 Å². The summed E-state index contributed by atoms with van der Waals surface area (Å²) in [4.78, 5) is 0. The number of rotatable bonds is 3. The number of fused-ring (bicyclic) bond motifs is 2. The van der Waals surface area contributed by atoms with Gasteiger partial charge in [-0.2, -0.15) is 0 Å². The predicted octanol–water partition coefficient (Wildman–Crippen LogP) is 4.00. The van der Waals surface area contributed by atoms with Crippen LogP contribution in [0.2, 0.25) is 0 Å². The first-order chi connectivity index (χ1) is 12.5. The highest BCUT2D eigenvalue weighted by atomic mass is 32.2. The molecule has 2 aromatic carbocycles. The van der Waals surface area contributed by atoms with Crippen molar-refractivity contribution in [2.75, 3.05) is 11.0 Å². The lowest BCUT2D eigenvalue weighted by Gasteiger charge is -2.11. The highest BCUT2D eigenvalue weighted by Gasteiger charge is 2.17. The van der Waals surface area contributed by atoms with Crippen LogP contribution in [0.5, 0.6) is 0 Å². The van der Waals surface area contributed by atoms with E-state index in [9.17, 15) is 8.42 Å². The van der Waals surface area contributed by atoms with Crippen LogP contribution < -0.4 is 4.72 Å². The number of sulfonamides is 1. The molecule has 0 radical (unpaired) electrons. The molecule has 0 saturated heterocycles. The Hall–Kier alpha value is -2.79. The van der Waals surface area contributed by atoms with Crippen molar-refractivity contribution >= 4 is 27.4 Å².